The quantitative estimate of drug-likeness (QED) is 0.349. The van der Waals surface area contributed by atoms with E-state index in [2.05, 4.69) is 52.5 Å². The monoisotopic (exact) mass is 525 g/mol. The van der Waals surface area contributed by atoms with Crippen molar-refractivity contribution in [2.75, 3.05) is 32.4 Å². The molecule has 29 heavy (non-hydrogen) atoms. The van der Waals surface area contributed by atoms with Crippen LogP contribution in [-0.2, 0) is 16.6 Å². The summed E-state index contributed by atoms with van der Waals surface area (Å²) in [5.74, 6) is 3.34. The summed E-state index contributed by atoms with van der Waals surface area (Å²) >= 11 is 0. The van der Waals surface area contributed by atoms with Crippen LogP contribution in [0.3, 0.4) is 0 Å². The third kappa shape index (κ3) is 7.10. The lowest BCUT2D eigenvalue weighted by atomic mass is 9.82. The smallest absolute Gasteiger partial charge is 0.193 e. The van der Waals surface area contributed by atoms with Gasteiger partial charge in [0.1, 0.15) is 0 Å². The first-order valence-electron chi connectivity index (χ1n) is 10.1. The highest BCUT2D eigenvalue weighted by Crippen LogP contribution is 2.32. The Hall–Kier alpha value is -1.41. The van der Waals surface area contributed by atoms with E-state index < -0.39 is 10.8 Å². The molecule has 1 N–H and O–H groups in total. The fourth-order valence-electron chi connectivity index (χ4n) is 3.97. The van der Waals surface area contributed by atoms with Crippen molar-refractivity contribution in [2.45, 2.75) is 25.0 Å². The molecule has 0 spiro atoms. The lowest BCUT2D eigenvalue weighted by Gasteiger charge is -2.38. The summed E-state index contributed by atoms with van der Waals surface area (Å²) in [5, 5.41) is 3.41. The van der Waals surface area contributed by atoms with Crippen LogP contribution in [0.25, 0.3) is 0 Å². The minimum Gasteiger partial charge on any atom is -0.355 e. The van der Waals surface area contributed by atoms with E-state index in [1.807, 2.05) is 37.4 Å². The van der Waals surface area contributed by atoms with Gasteiger partial charge in [0.2, 0.25) is 0 Å². The maximum Gasteiger partial charge on any atom is 0.193 e. The first-order valence-corrected chi connectivity index (χ1v) is 11.6. The summed E-state index contributed by atoms with van der Waals surface area (Å²) in [6.45, 7) is 4.99. The minimum absolute atomic E-state index is 0. The molecule has 2 aromatic rings. The molecule has 3 atom stereocenters. The second-order valence-electron chi connectivity index (χ2n) is 7.48. The summed E-state index contributed by atoms with van der Waals surface area (Å²) in [6, 6.07) is 20.9. The molecule has 0 amide bonds. The van der Waals surface area contributed by atoms with Gasteiger partial charge in [-0.3, -0.25) is 9.20 Å². The van der Waals surface area contributed by atoms with Gasteiger partial charge >= 0.3 is 0 Å². The van der Waals surface area contributed by atoms with Crippen LogP contribution in [0.1, 0.15) is 30.4 Å². The highest BCUT2D eigenvalue weighted by atomic mass is 127. The lowest BCUT2D eigenvalue weighted by molar-refractivity contribution is 0.235. The highest BCUT2D eigenvalue weighted by Gasteiger charge is 2.28. The molecule has 158 valence electrons. The molecular weight excluding hydrogens is 493 g/mol. The van der Waals surface area contributed by atoms with Crippen molar-refractivity contribution in [1.82, 2.24) is 10.2 Å². The van der Waals surface area contributed by atoms with Crippen LogP contribution in [0, 0.1) is 5.92 Å². The summed E-state index contributed by atoms with van der Waals surface area (Å²) in [5.41, 5.74) is 2.57. The predicted molar refractivity (Wildman–Crippen MR) is 134 cm³/mol. The van der Waals surface area contributed by atoms with E-state index in [4.69, 9.17) is 0 Å². The van der Waals surface area contributed by atoms with Gasteiger partial charge in [0.25, 0.3) is 0 Å². The van der Waals surface area contributed by atoms with Gasteiger partial charge in [0.15, 0.2) is 5.96 Å². The lowest BCUT2D eigenvalue weighted by Crippen LogP contribution is -2.48. The first-order chi connectivity index (χ1) is 13.7. The van der Waals surface area contributed by atoms with E-state index in [-0.39, 0.29) is 24.0 Å². The van der Waals surface area contributed by atoms with E-state index in [0.717, 1.165) is 31.0 Å². The molecule has 6 heteroatoms. The minimum atomic E-state index is -0.868. The Morgan fingerprint density at radius 3 is 2.41 bits per heavy atom. The number of hydrogen-bond acceptors (Lipinski definition) is 2. The number of rotatable bonds is 6. The third-order valence-electron chi connectivity index (χ3n) is 5.43. The summed E-state index contributed by atoms with van der Waals surface area (Å²) in [6.07, 6.45) is 1.13. The molecule has 4 nitrogen and oxygen atoms in total. The van der Waals surface area contributed by atoms with E-state index in [1.165, 1.54) is 5.56 Å². The normalized spacial score (nSPS) is 20.6. The molecule has 1 aliphatic rings. The van der Waals surface area contributed by atoms with Crippen LogP contribution < -0.4 is 5.32 Å². The number of nitrogens with zero attached hydrogens (tertiary/aromatic N) is 2. The molecule has 0 bridgehead atoms. The molecule has 1 fully saturated rings. The topological polar surface area (TPSA) is 44.7 Å². The zero-order valence-corrected chi connectivity index (χ0v) is 20.4. The maximum atomic E-state index is 12.3. The van der Waals surface area contributed by atoms with E-state index in [0.29, 0.717) is 29.9 Å². The van der Waals surface area contributed by atoms with Crippen LogP contribution in [0.2, 0.25) is 0 Å². The number of aliphatic imine (C=N–C) groups is 1. The third-order valence-corrected chi connectivity index (χ3v) is 6.74. The molecule has 3 unspecified atom stereocenters. The van der Waals surface area contributed by atoms with Gasteiger partial charge in [-0.05, 0) is 29.4 Å². The van der Waals surface area contributed by atoms with Gasteiger partial charge in [-0.1, -0.05) is 67.6 Å². The average molecular weight is 526 g/mol. The van der Waals surface area contributed by atoms with Crippen molar-refractivity contribution in [3.05, 3.63) is 71.8 Å². The zero-order chi connectivity index (χ0) is 19.8. The standard InChI is InChI=1S/C23H31N3OS.HI/c1-19-17-26(15-13-22(19)21-11-7-4-8-12-21)23(24-2)25-14-16-28(27)18-20-9-5-3-6-10-20;/h3-12,19,22H,13-18H2,1-2H3,(H,24,25);1H. The van der Waals surface area contributed by atoms with Crippen LogP contribution in [0.5, 0.6) is 0 Å². The Kier molecular flexibility index (Phi) is 10.1. The van der Waals surface area contributed by atoms with Crippen molar-refractivity contribution >= 4 is 40.7 Å². The van der Waals surface area contributed by atoms with Crippen molar-refractivity contribution in [3.63, 3.8) is 0 Å². The second kappa shape index (κ2) is 12.3. The number of halogens is 1. The summed E-state index contributed by atoms with van der Waals surface area (Å²) in [7, 11) is 0.963. The number of piperidine rings is 1. The van der Waals surface area contributed by atoms with Crippen LogP contribution in [0.15, 0.2) is 65.7 Å². The van der Waals surface area contributed by atoms with Crippen LogP contribution >= 0.6 is 24.0 Å². The van der Waals surface area contributed by atoms with Crippen molar-refractivity contribution in [3.8, 4) is 0 Å². The van der Waals surface area contributed by atoms with Crippen molar-refractivity contribution < 1.29 is 4.21 Å². The van der Waals surface area contributed by atoms with Gasteiger partial charge in [-0.15, -0.1) is 24.0 Å². The van der Waals surface area contributed by atoms with E-state index >= 15 is 0 Å². The zero-order valence-electron chi connectivity index (χ0n) is 17.3. The molecule has 1 heterocycles. The SMILES string of the molecule is CN=C(NCCS(=O)Cc1ccccc1)N1CCC(c2ccccc2)C(C)C1.I. The Bertz CT molecular complexity index is 785. The number of benzene rings is 2. The molecule has 1 saturated heterocycles. The highest BCUT2D eigenvalue weighted by molar-refractivity contribution is 14.0. The molecule has 0 saturated carbocycles. The average Bonchev–Trinajstić information content (AvgIpc) is 2.72. The van der Waals surface area contributed by atoms with Gasteiger partial charge in [-0.2, -0.15) is 0 Å². The Labute approximate surface area is 194 Å². The van der Waals surface area contributed by atoms with Gasteiger partial charge in [0, 0.05) is 49.0 Å². The maximum absolute atomic E-state index is 12.3. The van der Waals surface area contributed by atoms with E-state index in [1.54, 1.807) is 0 Å². The molecule has 2 aromatic carbocycles. The first kappa shape index (κ1) is 23.9. The van der Waals surface area contributed by atoms with Crippen LogP contribution in [-0.4, -0.2) is 47.5 Å². The Morgan fingerprint density at radius 2 is 1.79 bits per heavy atom. The fraction of sp³-hybridized carbons (Fsp3) is 0.435. The second-order valence-corrected chi connectivity index (χ2v) is 9.05. The van der Waals surface area contributed by atoms with Crippen molar-refractivity contribution in [1.29, 1.82) is 0 Å². The van der Waals surface area contributed by atoms with Gasteiger partial charge in [-0.25, -0.2) is 0 Å². The number of hydrogen-bond donors (Lipinski definition) is 1. The number of guanidine groups is 1. The Balaban J connectivity index is 0.00000300. The van der Waals surface area contributed by atoms with Gasteiger partial charge in [0.05, 0.1) is 0 Å². The summed E-state index contributed by atoms with van der Waals surface area (Å²) < 4.78 is 12.3. The molecule has 1 aliphatic heterocycles. The van der Waals surface area contributed by atoms with Gasteiger partial charge < -0.3 is 10.2 Å². The largest absolute Gasteiger partial charge is 0.355 e. The number of likely N-dealkylation sites (tertiary alicyclic amines) is 1. The summed E-state index contributed by atoms with van der Waals surface area (Å²) in [4.78, 5) is 6.79. The Morgan fingerprint density at radius 1 is 1.14 bits per heavy atom. The number of nitrogens with one attached hydrogen (secondary N) is 1. The van der Waals surface area contributed by atoms with Crippen molar-refractivity contribution in [2.24, 2.45) is 10.9 Å². The van der Waals surface area contributed by atoms with Crippen LogP contribution in [0.4, 0.5) is 0 Å². The fourth-order valence-corrected chi connectivity index (χ4v) is 5.01. The molecule has 0 radical (unpaired) electrons. The molecule has 0 aliphatic carbocycles. The molecule has 3 rings (SSSR count). The molecule has 0 aromatic heterocycles. The van der Waals surface area contributed by atoms with E-state index in [9.17, 15) is 4.21 Å². The molecular formula is C23H32IN3OS. The predicted octanol–water partition coefficient (Wildman–Crippen LogP) is 4.25.